The van der Waals surface area contributed by atoms with Crippen molar-refractivity contribution in [3.63, 3.8) is 0 Å². The van der Waals surface area contributed by atoms with Gasteiger partial charge in [-0.05, 0) is 25.1 Å². The molecule has 3 aromatic rings. The van der Waals surface area contributed by atoms with Crippen LogP contribution in [-0.2, 0) is 4.74 Å². The van der Waals surface area contributed by atoms with Gasteiger partial charge < -0.3 is 13.9 Å². The summed E-state index contributed by atoms with van der Waals surface area (Å²) in [6.45, 7) is 3.22. The molecule has 1 aliphatic heterocycles. The second kappa shape index (κ2) is 5.56. The number of benzene rings is 2. The Bertz CT molecular complexity index is 860. The number of epoxide rings is 1. The van der Waals surface area contributed by atoms with Crippen LogP contribution in [0.5, 0.6) is 5.75 Å². The molecule has 0 radical (unpaired) electrons. The number of fused-ring (bicyclic) bond motifs is 1. The van der Waals surface area contributed by atoms with E-state index in [2.05, 4.69) is 0 Å². The van der Waals surface area contributed by atoms with Crippen LogP contribution in [0.15, 0.2) is 52.9 Å². The van der Waals surface area contributed by atoms with Gasteiger partial charge in [0.2, 0.25) is 5.78 Å². The smallest absolute Gasteiger partial charge is 0.228 e. The first-order chi connectivity index (χ1) is 11.2. The van der Waals surface area contributed by atoms with Crippen LogP contribution in [-0.4, -0.2) is 25.1 Å². The fourth-order valence-electron chi connectivity index (χ4n) is 2.58. The number of ether oxygens (including phenoxy) is 2. The van der Waals surface area contributed by atoms with E-state index >= 15 is 0 Å². The molecule has 1 aromatic heterocycles. The minimum absolute atomic E-state index is 0.104. The minimum atomic E-state index is -0.104. The Morgan fingerprint density at radius 1 is 1.22 bits per heavy atom. The highest BCUT2D eigenvalue weighted by Crippen LogP contribution is 2.30. The molecule has 1 fully saturated rings. The molecule has 0 saturated carbocycles. The maximum atomic E-state index is 12.6. The number of carbonyl (C=O) groups excluding carboxylic acids is 1. The summed E-state index contributed by atoms with van der Waals surface area (Å²) in [5, 5.41) is 0.901. The lowest BCUT2D eigenvalue weighted by Crippen LogP contribution is -2.03. The van der Waals surface area contributed by atoms with Crippen LogP contribution < -0.4 is 4.74 Å². The fourth-order valence-corrected chi connectivity index (χ4v) is 2.58. The van der Waals surface area contributed by atoms with Crippen molar-refractivity contribution in [1.29, 1.82) is 0 Å². The molecule has 0 spiro atoms. The topological polar surface area (TPSA) is 52.0 Å². The summed E-state index contributed by atoms with van der Waals surface area (Å²) in [6, 6.07) is 14.8. The Morgan fingerprint density at radius 2 is 2.00 bits per heavy atom. The van der Waals surface area contributed by atoms with Crippen LogP contribution >= 0.6 is 0 Å². The summed E-state index contributed by atoms with van der Waals surface area (Å²) in [4.78, 5) is 12.6. The molecule has 4 heteroatoms. The first kappa shape index (κ1) is 14.0. The Morgan fingerprint density at radius 3 is 2.74 bits per heavy atom. The van der Waals surface area contributed by atoms with Gasteiger partial charge in [0.1, 0.15) is 24.0 Å². The molecule has 0 bridgehead atoms. The summed E-state index contributed by atoms with van der Waals surface area (Å²) in [5.74, 6) is 1.04. The Labute approximate surface area is 133 Å². The second-order valence-electron chi connectivity index (χ2n) is 5.68. The van der Waals surface area contributed by atoms with Crippen LogP contribution in [0.2, 0.25) is 0 Å². The molecule has 23 heavy (non-hydrogen) atoms. The Kier molecular flexibility index (Phi) is 3.39. The van der Waals surface area contributed by atoms with Gasteiger partial charge in [-0.15, -0.1) is 0 Å². The van der Waals surface area contributed by atoms with Gasteiger partial charge in [-0.3, -0.25) is 4.79 Å². The average molecular weight is 308 g/mol. The number of carbonyl (C=O) groups is 1. The lowest BCUT2D eigenvalue weighted by atomic mass is 10.0. The molecule has 2 aromatic carbocycles. The number of hydrogen-bond acceptors (Lipinski definition) is 4. The zero-order valence-electron chi connectivity index (χ0n) is 12.7. The number of hydrogen-bond donors (Lipinski definition) is 0. The Balaban J connectivity index is 1.67. The predicted molar refractivity (Wildman–Crippen MR) is 86.1 cm³/mol. The van der Waals surface area contributed by atoms with Crippen molar-refractivity contribution in [2.45, 2.75) is 13.0 Å². The number of ketones is 1. The van der Waals surface area contributed by atoms with Gasteiger partial charge in [-0.25, -0.2) is 0 Å². The van der Waals surface area contributed by atoms with E-state index < -0.39 is 0 Å². The SMILES string of the molecule is Cc1c(C(=O)c2ccccc2)oc2ccc(OCC3CO3)cc12. The van der Waals surface area contributed by atoms with E-state index in [0.717, 1.165) is 23.3 Å². The van der Waals surface area contributed by atoms with Crippen molar-refractivity contribution in [3.05, 3.63) is 65.4 Å². The van der Waals surface area contributed by atoms with Crippen molar-refractivity contribution in [2.75, 3.05) is 13.2 Å². The standard InChI is InChI=1S/C19H16O4/c1-12-16-9-14(21-10-15-11-22-15)7-8-17(16)23-19(12)18(20)13-5-3-2-4-6-13/h2-9,15H,10-11H2,1H3. The van der Waals surface area contributed by atoms with E-state index in [4.69, 9.17) is 13.9 Å². The van der Waals surface area contributed by atoms with Gasteiger partial charge in [0.25, 0.3) is 0 Å². The third kappa shape index (κ3) is 2.73. The fraction of sp³-hybridized carbons (Fsp3) is 0.211. The summed E-state index contributed by atoms with van der Waals surface area (Å²) in [5.41, 5.74) is 2.15. The van der Waals surface area contributed by atoms with Crippen LogP contribution in [0, 0.1) is 6.92 Å². The monoisotopic (exact) mass is 308 g/mol. The van der Waals surface area contributed by atoms with Crippen LogP contribution in [0.4, 0.5) is 0 Å². The highest BCUT2D eigenvalue weighted by atomic mass is 16.6. The maximum Gasteiger partial charge on any atom is 0.228 e. The van der Waals surface area contributed by atoms with Gasteiger partial charge in [0.15, 0.2) is 5.76 Å². The number of aryl methyl sites for hydroxylation is 1. The molecule has 1 saturated heterocycles. The van der Waals surface area contributed by atoms with Crippen molar-refractivity contribution in [2.24, 2.45) is 0 Å². The molecule has 2 heterocycles. The van der Waals surface area contributed by atoms with E-state index in [1.54, 1.807) is 12.1 Å². The predicted octanol–water partition coefficient (Wildman–Crippen LogP) is 3.75. The molecule has 4 nitrogen and oxygen atoms in total. The lowest BCUT2D eigenvalue weighted by molar-refractivity contribution is 0.101. The zero-order valence-corrected chi connectivity index (χ0v) is 12.7. The molecule has 0 aliphatic carbocycles. The number of furan rings is 1. The van der Waals surface area contributed by atoms with Gasteiger partial charge in [0, 0.05) is 16.5 Å². The summed E-state index contributed by atoms with van der Waals surface area (Å²) < 4.78 is 16.6. The lowest BCUT2D eigenvalue weighted by Gasteiger charge is -2.03. The van der Waals surface area contributed by atoms with E-state index in [0.29, 0.717) is 23.5 Å². The van der Waals surface area contributed by atoms with E-state index in [-0.39, 0.29) is 11.9 Å². The van der Waals surface area contributed by atoms with Gasteiger partial charge >= 0.3 is 0 Å². The molecule has 0 amide bonds. The van der Waals surface area contributed by atoms with Gasteiger partial charge in [-0.1, -0.05) is 30.3 Å². The van der Waals surface area contributed by atoms with Crippen LogP contribution in [0.1, 0.15) is 21.7 Å². The first-order valence-electron chi connectivity index (χ1n) is 7.59. The quantitative estimate of drug-likeness (QED) is 0.532. The molecular weight excluding hydrogens is 292 g/mol. The van der Waals surface area contributed by atoms with E-state index in [1.807, 2.05) is 43.3 Å². The van der Waals surface area contributed by atoms with Crippen molar-refractivity contribution < 1.29 is 18.7 Å². The highest BCUT2D eigenvalue weighted by Gasteiger charge is 2.23. The largest absolute Gasteiger partial charge is 0.491 e. The molecule has 116 valence electrons. The van der Waals surface area contributed by atoms with Gasteiger partial charge in [-0.2, -0.15) is 0 Å². The molecule has 1 unspecified atom stereocenters. The van der Waals surface area contributed by atoms with Gasteiger partial charge in [0.05, 0.1) is 6.61 Å². The summed E-state index contributed by atoms with van der Waals surface area (Å²) in [6.07, 6.45) is 0.214. The van der Waals surface area contributed by atoms with E-state index in [1.165, 1.54) is 0 Å². The highest BCUT2D eigenvalue weighted by molar-refractivity contribution is 6.10. The van der Waals surface area contributed by atoms with Crippen molar-refractivity contribution in [1.82, 2.24) is 0 Å². The average Bonchev–Trinajstić information content (AvgIpc) is 3.37. The van der Waals surface area contributed by atoms with E-state index in [9.17, 15) is 4.79 Å². The molecule has 4 rings (SSSR count). The first-order valence-corrected chi connectivity index (χ1v) is 7.59. The Hall–Kier alpha value is -2.59. The normalized spacial score (nSPS) is 16.5. The van der Waals surface area contributed by atoms with Crippen molar-refractivity contribution >= 4 is 16.8 Å². The maximum absolute atomic E-state index is 12.6. The third-order valence-corrected chi connectivity index (χ3v) is 3.99. The van der Waals surface area contributed by atoms with Crippen LogP contribution in [0.25, 0.3) is 11.0 Å². The molecule has 1 aliphatic rings. The number of rotatable bonds is 5. The third-order valence-electron chi connectivity index (χ3n) is 3.99. The molecule has 0 N–H and O–H groups in total. The summed E-state index contributed by atoms with van der Waals surface area (Å²) >= 11 is 0. The summed E-state index contributed by atoms with van der Waals surface area (Å²) in [7, 11) is 0. The van der Waals surface area contributed by atoms with Crippen molar-refractivity contribution in [3.8, 4) is 5.75 Å². The minimum Gasteiger partial charge on any atom is -0.491 e. The zero-order chi connectivity index (χ0) is 15.8. The molecular formula is C19H16O4. The second-order valence-corrected chi connectivity index (χ2v) is 5.68. The molecule has 1 atom stereocenters. The van der Waals surface area contributed by atoms with Crippen LogP contribution in [0.3, 0.4) is 0 Å².